The minimum atomic E-state index is -0.0720. The lowest BCUT2D eigenvalue weighted by atomic mass is 9.81. The number of urea groups is 1. The van der Waals surface area contributed by atoms with Crippen LogP contribution >= 0.6 is 11.6 Å². The second-order valence-corrected chi connectivity index (χ2v) is 9.91. The number of amides is 2. The quantitative estimate of drug-likeness (QED) is 0.488. The molecule has 7 heteroatoms. The first-order valence-corrected chi connectivity index (χ1v) is 12.8. The van der Waals surface area contributed by atoms with Crippen LogP contribution in [0.2, 0.25) is 5.02 Å². The molecular weight excluding hydrogens is 446 g/mol. The van der Waals surface area contributed by atoms with Crippen molar-refractivity contribution in [3.05, 3.63) is 58.6 Å². The minimum Gasteiger partial charge on any atom is -0.398 e. The van der Waals surface area contributed by atoms with Crippen LogP contribution in [0, 0.1) is 11.3 Å². The lowest BCUT2D eigenvalue weighted by Gasteiger charge is -2.37. The topological polar surface area (TPSA) is 85.4 Å². The molecule has 3 N–H and O–H groups in total. The Morgan fingerprint density at radius 3 is 2.62 bits per heavy atom. The lowest BCUT2D eigenvalue weighted by Crippen LogP contribution is -2.45. The third kappa shape index (κ3) is 6.22. The third-order valence-corrected chi connectivity index (χ3v) is 7.54. The van der Waals surface area contributed by atoms with Crippen LogP contribution in [-0.2, 0) is 0 Å². The van der Waals surface area contributed by atoms with Gasteiger partial charge in [-0.3, -0.25) is 0 Å². The molecule has 4 rings (SSSR count). The number of likely N-dealkylation sites (tertiary alicyclic amines) is 1. The highest BCUT2D eigenvalue weighted by Gasteiger charge is 2.30. The number of carbonyl (C=O) groups excluding carboxylic acids is 1. The van der Waals surface area contributed by atoms with Gasteiger partial charge in [0.25, 0.3) is 0 Å². The summed E-state index contributed by atoms with van der Waals surface area (Å²) in [6.07, 6.45) is 7.48. The molecule has 0 unspecified atom stereocenters. The number of nitriles is 1. The molecule has 2 aromatic carbocycles. The van der Waals surface area contributed by atoms with E-state index in [1.54, 1.807) is 18.2 Å². The fourth-order valence-electron chi connectivity index (χ4n) is 5.30. The second-order valence-electron chi connectivity index (χ2n) is 9.50. The number of nitrogen functional groups attached to an aromatic ring is 1. The maximum absolute atomic E-state index is 13.4. The Morgan fingerprint density at radius 1 is 1.15 bits per heavy atom. The summed E-state index contributed by atoms with van der Waals surface area (Å²) in [7, 11) is 0. The van der Waals surface area contributed by atoms with Gasteiger partial charge >= 0.3 is 6.03 Å². The van der Waals surface area contributed by atoms with Gasteiger partial charge in [0.1, 0.15) is 0 Å². The Balaban J connectivity index is 1.40. The van der Waals surface area contributed by atoms with Crippen LogP contribution in [0.15, 0.2) is 42.5 Å². The standard InChI is InChI=1S/C27H34ClN5O/c28-25-18-23(9-12-26(25)30)31-27(34)33(16-4-15-32-13-1-2-14-32)24-10-7-21(8-11-24)22-6-3-5-20(17-22)19-29/h3,5-6,9,12,17-18,21,24H,1-2,4,7-8,10-11,13-16,30H2,(H,31,34)/t21-,24+. The van der Waals surface area contributed by atoms with Crippen LogP contribution in [0.1, 0.15) is 62.0 Å². The van der Waals surface area contributed by atoms with Gasteiger partial charge in [-0.2, -0.15) is 5.26 Å². The summed E-state index contributed by atoms with van der Waals surface area (Å²) in [6, 6.07) is 15.5. The summed E-state index contributed by atoms with van der Waals surface area (Å²) in [6.45, 7) is 4.12. The fourth-order valence-corrected chi connectivity index (χ4v) is 5.48. The predicted octanol–water partition coefficient (Wildman–Crippen LogP) is 5.84. The molecule has 1 aliphatic carbocycles. The first-order chi connectivity index (χ1) is 16.5. The molecule has 2 amide bonds. The molecule has 0 atom stereocenters. The summed E-state index contributed by atoms with van der Waals surface area (Å²) in [5, 5.41) is 12.7. The third-order valence-electron chi connectivity index (χ3n) is 7.21. The van der Waals surface area contributed by atoms with E-state index >= 15 is 0 Å². The van der Waals surface area contributed by atoms with E-state index in [1.165, 1.54) is 31.5 Å². The number of nitrogens with one attached hydrogen (secondary N) is 1. The Labute approximate surface area is 207 Å². The summed E-state index contributed by atoms with van der Waals surface area (Å²) in [4.78, 5) is 17.9. The first kappa shape index (κ1) is 24.4. The molecule has 180 valence electrons. The predicted molar refractivity (Wildman–Crippen MR) is 138 cm³/mol. The van der Waals surface area contributed by atoms with E-state index in [1.807, 2.05) is 23.1 Å². The molecule has 0 aromatic heterocycles. The van der Waals surface area contributed by atoms with Gasteiger partial charge in [-0.25, -0.2) is 4.79 Å². The van der Waals surface area contributed by atoms with Crippen LogP contribution in [-0.4, -0.2) is 48.1 Å². The van der Waals surface area contributed by atoms with Gasteiger partial charge in [-0.1, -0.05) is 23.7 Å². The number of benzene rings is 2. The number of carbonyl (C=O) groups is 1. The van der Waals surface area contributed by atoms with Crippen LogP contribution in [0.4, 0.5) is 16.2 Å². The number of nitrogens with two attached hydrogens (primary N) is 1. The normalized spacial score (nSPS) is 20.6. The maximum atomic E-state index is 13.4. The minimum absolute atomic E-state index is 0.0720. The van der Waals surface area contributed by atoms with Gasteiger partial charge in [0, 0.05) is 18.3 Å². The fraction of sp³-hybridized carbons (Fsp3) is 0.481. The van der Waals surface area contributed by atoms with Crippen LogP contribution in [0.25, 0.3) is 0 Å². The highest BCUT2D eigenvalue weighted by Crippen LogP contribution is 2.35. The van der Waals surface area contributed by atoms with Crippen molar-refractivity contribution in [2.45, 2.75) is 56.9 Å². The van der Waals surface area contributed by atoms with E-state index < -0.39 is 0 Å². The zero-order chi connectivity index (χ0) is 23.9. The number of rotatable bonds is 7. The first-order valence-electron chi connectivity index (χ1n) is 12.4. The summed E-state index contributed by atoms with van der Waals surface area (Å²) >= 11 is 6.16. The van der Waals surface area contributed by atoms with Crippen LogP contribution < -0.4 is 11.1 Å². The van der Waals surface area contributed by atoms with Gasteiger partial charge in [0.2, 0.25) is 0 Å². The maximum Gasteiger partial charge on any atom is 0.322 e. The van der Waals surface area contributed by atoms with E-state index in [-0.39, 0.29) is 12.1 Å². The Kier molecular flexibility index (Phi) is 8.31. The van der Waals surface area contributed by atoms with Crippen molar-refractivity contribution in [1.82, 2.24) is 9.80 Å². The number of halogens is 1. The van der Waals surface area contributed by atoms with Crippen molar-refractivity contribution in [3.63, 3.8) is 0 Å². The zero-order valence-corrected chi connectivity index (χ0v) is 20.4. The van der Waals surface area contributed by atoms with Crippen LogP contribution in [0.5, 0.6) is 0 Å². The molecule has 1 saturated carbocycles. The summed E-state index contributed by atoms with van der Waals surface area (Å²) in [5.74, 6) is 0.440. The summed E-state index contributed by atoms with van der Waals surface area (Å²) < 4.78 is 0. The SMILES string of the molecule is N#Cc1cccc([C@H]2CC[C@@H](N(CCCN3CCCC3)C(=O)Nc3ccc(N)c(Cl)c3)CC2)c1. The molecule has 6 nitrogen and oxygen atoms in total. The van der Waals surface area contributed by atoms with Crippen molar-refractivity contribution in [1.29, 1.82) is 5.26 Å². The van der Waals surface area contributed by atoms with Gasteiger partial charge in [0.15, 0.2) is 0 Å². The van der Waals surface area contributed by atoms with Crippen molar-refractivity contribution in [3.8, 4) is 6.07 Å². The number of anilines is 2. The molecule has 2 aliphatic rings. The number of nitrogens with zero attached hydrogens (tertiary/aromatic N) is 3. The van der Waals surface area contributed by atoms with Crippen molar-refractivity contribution < 1.29 is 4.79 Å². The van der Waals surface area contributed by atoms with E-state index in [0.717, 1.165) is 45.2 Å². The molecule has 1 saturated heterocycles. The monoisotopic (exact) mass is 479 g/mol. The van der Waals surface area contributed by atoms with Crippen molar-refractivity contribution >= 4 is 29.0 Å². The molecular formula is C27H34ClN5O. The van der Waals surface area contributed by atoms with Gasteiger partial charge < -0.3 is 20.9 Å². The van der Waals surface area contributed by atoms with Crippen LogP contribution in [0.3, 0.4) is 0 Å². The Morgan fingerprint density at radius 2 is 1.91 bits per heavy atom. The van der Waals surface area contributed by atoms with E-state index in [4.69, 9.17) is 17.3 Å². The van der Waals surface area contributed by atoms with E-state index in [9.17, 15) is 10.1 Å². The summed E-state index contributed by atoms with van der Waals surface area (Å²) in [5.41, 5.74) is 8.93. The van der Waals surface area contributed by atoms with Gasteiger partial charge in [-0.15, -0.1) is 0 Å². The lowest BCUT2D eigenvalue weighted by molar-refractivity contribution is 0.157. The molecule has 1 aliphatic heterocycles. The van der Waals surface area contributed by atoms with E-state index in [0.29, 0.717) is 27.9 Å². The van der Waals surface area contributed by atoms with Crippen molar-refractivity contribution in [2.75, 3.05) is 37.2 Å². The molecule has 0 spiro atoms. The number of hydrogen-bond acceptors (Lipinski definition) is 4. The Hall–Kier alpha value is -2.75. The number of hydrogen-bond donors (Lipinski definition) is 2. The molecule has 2 aromatic rings. The molecule has 0 radical (unpaired) electrons. The average Bonchev–Trinajstić information content (AvgIpc) is 3.38. The molecule has 0 bridgehead atoms. The second kappa shape index (κ2) is 11.6. The average molecular weight is 480 g/mol. The largest absolute Gasteiger partial charge is 0.398 e. The van der Waals surface area contributed by atoms with Gasteiger partial charge in [0.05, 0.1) is 22.3 Å². The highest BCUT2D eigenvalue weighted by molar-refractivity contribution is 6.33. The highest BCUT2D eigenvalue weighted by atomic mass is 35.5. The molecule has 1 heterocycles. The Bertz CT molecular complexity index is 1020. The molecule has 2 fully saturated rings. The molecule has 34 heavy (non-hydrogen) atoms. The van der Waals surface area contributed by atoms with Gasteiger partial charge in [-0.05, 0) is 106 Å². The zero-order valence-electron chi connectivity index (χ0n) is 19.7. The van der Waals surface area contributed by atoms with Crippen molar-refractivity contribution in [2.24, 2.45) is 0 Å². The van der Waals surface area contributed by atoms with E-state index in [2.05, 4.69) is 22.4 Å². The smallest absolute Gasteiger partial charge is 0.322 e.